The number of carbonyl (C=O) groups is 1. The second kappa shape index (κ2) is 4.89. The van der Waals surface area contributed by atoms with E-state index in [0.29, 0.717) is 0 Å². The Kier molecular flexibility index (Phi) is 3.31. The number of aromatic amines is 1. The number of anilines is 1. The molecule has 4 N–H and O–H groups in total. The summed E-state index contributed by atoms with van der Waals surface area (Å²) in [5.74, 6) is -0.103. The maximum Gasteiger partial charge on any atom is 0.264 e. The molecule has 0 aromatic carbocycles. The van der Waals surface area contributed by atoms with E-state index in [9.17, 15) is 9.59 Å². The summed E-state index contributed by atoms with van der Waals surface area (Å²) in [5, 5.41) is 10.2. The lowest BCUT2D eigenvalue weighted by Crippen LogP contribution is -2.27. The summed E-state index contributed by atoms with van der Waals surface area (Å²) < 4.78 is 0. The molecule has 1 unspecified atom stereocenters. The van der Waals surface area contributed by atoms with Gasteiger partial charge in [0.2, 0.25) is 5.91 Å². The van der Waals surface area contributed by atoms with Crippen LogP contribution in [0, 0.1) is 0 Å². The van der Waals surface area contributed by atoms with E-state index in [1.165, 1.54) is 23.5 Å². The first kappa shape index (κ1) is 11.5. The third-order valence-electron chi connectivity index (χ3n) is 2.06. The van der Waals surface area contributed by atoms with Gasteiger partial charge in [-0.3, -0.25) is 9.59 Å². The molecule has 0 saturated carbocycles. The fraction of sp³-hybridized carbons (Fsp3) is 0.100. The fourth-order valence-corrected chi connectivity index (χ4v) is 1.94. The van der Waals surface area contributed by atoms with Gasteiger partial charge in [0.05, 0.1) is 0 Å². The maximum absolute atomic E-state index is 11.7. The monoisotopic (exact) mass is 250 g/mol. The minimum Gasteiger partial charge on any atom is -0.316 e. The molecule has 0 aliphatic heterocycles. The van der Waals surface area contributed by atoms with Crippen LogP contribution in [0.1, 0.15) is 10.9 Å². The molecule has 1 amide bonds. The van der Waals surface area contributed by atoms with E-state index in [4.69, 9.17) is 5.73 Å². The first-order valence-corrected chi connectivity index (χ1v) is 5.70. The highest BCUT2D eigenvalue weighted by Gasteiger charge is 2.16. The highest BCUT2D eigenvalue weighted by atomic mass is 32.1. The number of hydrogen-bond donors (Lipinski definition) is 3. The van der Waals surface area contributed by atoms with Gasteiger partial charge in [-0.05, 0) is 17.5 Å². The molecule has 2 rings (SSSR count). The summed E-state index contributed by atoms with van der Waals surface area (Å²) in [6, 6.07) is 5.57. The lowest BCUT2D eigenvalue weighted by Gasteiger charge is -2.09. The van der Waals surface area contributed by atoms with Gasteiger partial charge < -0.3 is 11.1 Å². The molecule has 0 saturated heterocycles. The molecular weight excluding hydrogens is 240 g/mol. The van der Waals surface area contributed by atoms with Gasteiger partial charge >= 0.3 is 0 Å². The van der Waals surface area contributed by atoms with Crippen LogP contribution >= 0.6 is 11.3 Å². The Hall–Kier alpha value is -1.99. The number of H-pyrrole nitrogens is 1. The Morgan fingerprint density at radius 3 is 2.88 bits per heavy atom. The van der Waals surface area contributed by atoms with Gasteiger partial charge in [0.25, 0.3) is 5.56 Å². The van der Waals surface area contributed by atoms with Crippen molar-refractivity contribution in [1.29, 1.82) is 0 Å². The van der Waals surface area contributed by atoms with Gasteiger partial charge in [-0.1, -0.05) is 6.07 Å². The second-order valence-electron chi connectivity index (χ2n) is 3.29. The quantitative estimate of drug-likeness (QED) is 0.737. The van der Waals surface area contributed by atoms with Gasteiger partial charge in [0.15, 0.2) is 5.82 Å². The van der Waals surface area contributed by atoms with E-state index >= 15 is 0 Å². The van der Waals surface area contributed by atoms with Crippen LogP contribution in [-0.4, -0.2) is 16.1 Å². The van der Waals surface area contributed by atoms with Crippen molar-refractivity contribution in [1.82, 2.24) is 10.2 Å². The van der Waals surface area contributed by atoms with Crippen LogP contribution < -0.4 is 16.6 Å². The van der Waals surface area contributed by atoms with Crippen LogP contribution in [0.4, 0.5) is 5.82 Å². The van der Waals surface area contributed by atoms with Crippen molar-refractivity contribution in [3.63, 3.8) is 0 Å². The molecule has 0 fully saturated rings. The minimum atomic E-state index is -0.733. The SMILES string of the molecule is NC(C(=O)Nc1ccc(=O)[nH]n1)c1cccs1. The predicted octanol–water partition coefficient (Wildman–Crippen LogP) is 0.470. The Morgan fingerprint density at radius 1 is 1.47 bits per heavy atom. The predicted molar refractivity (Wildman–Crippen MR) is 64.7 cm³/mol. The van der Waals surface area contributed by atoms with Gasteiger partial charge in [-0.15, -0.1) is 11.3 Å². The molecule has 2 heterocycles. The first-order chi connectivity index (χ1) is 8.16. The van der Waals surface area contributed by atoms with E-state index in [-0.39, 0.29) is 17.3 Å². The maximum atomic E-state index is 11.7. The first-order valence-electron chi connectivity index (χ1n) is 4.82. The lowest BCUT2D eigenvalue weighted by molar-refractivity contribution is -0.117. The van der Waals surface area contributed by atoms with Gasteiger partial charge in [0, 0.05) is 10.9 Å². The van der Waals surface area contributed by atoms with Crippen molar-refractivity contribution >= 4 is 23.1 Å². The Bertz CT molecular complexity index is 543. The Labute approximate surface area is 100 Å². The molecule has 0 bridgehead atoms. The average Bonchev–Trinajstić information content (AvgIpc) is 2.84. The van der Waals surface area contributed by atoms with Gasteiger partial charge in [-0.2, -0.15) is 5.10 Å². The molecule has 1 atom stereocenters. The normalized spacial score (nSPS) is 12.1. The van der Waals surface area contributed by atoms with Crippen molar-refractivity contribution in [2.24, 2.45) is 5.73 Å². The summed E-state index contributed by atoms with van der Waals surface area (Å²) in [6.45, 7) is 0. The van der Waals surface area contributed by atoms with E-state index in [0.717, 1.165) is 4.88 Å². The lowest BCUT2D eigenvalue weighted by atomic mass is 10.2. The van der Waals surface area contributed by atoms with Gasteiger partial charge in [-0.25, -0.2) is 5.10 Å². The van der Waals surface area contributed by atoms with Crippen LogP contribution in [-0.2, 0) is 4.79 Å². The Morgan fingerprint density at radius 2 is 2.29 bits per heavy atom. The number of amides is 1. The summed E-state index contributed by atoms with van der Waals surface area (Å²) in [4.78, 5) is 23.3. The van der Waals surface area contributed by atoms with Crippen molar-refractivity contribution < 1.29 is 4.79 Å². The van der Waals surface area contributed by atoms with Crippen LogP contribution in [0.15, 0.2) is 34.4 Å². The molecule has 7 heteroatoms. The van der Waals surface area contributed by atoms with E-state index in [1.807, 2.05) is 11.4 Å². The molecule has 6 nitrogen and oxygen atoms in total. The summed E-state index contributed by atoms with van der Waals surface area (Å²) in [7, 11) is 0. The molecule has 2 aromatic rings. The summed E-state index contributed by atoms with van der Waals surface area (Å²) in [5.41, 5.74) is 5.43. The van der Waals surface area contributed by atoms with Crippen LogP contribution in [0.5, 0.6) is 0 Å². The van der Waals surface area contributed by atoms with E-state index < -0.39 is 6.04 Å². The molecule has 0 spiro atoms. The number of rotatable bonds is 3. The molecule has 2 aromatic heterocycles. The fourth-order valence-electron chi connectivity index (χ4n) is 1.22. The zero-order chi connectivity index (χ0) is 12.3. The van der Waals surface area contributed by atoms with Crippen molar-refractivity contribution in [2.45, 2.75) is 6.04 Å². The van der Waals surface area contributed by atoms with Crippen molar-refractivity contribution in [3.8, 4) is 0 Å². The standard InChI is InChI=1S/C10H10N4O2S/c11-9(6-2-1-5-17-6)10(16)12-7-3-4-8(15)14-13-7/h1-5,9H,11H2,(H,14,15)(H,12,13,16). The number of nitrogens with zero attached hydrogens (tertiary/aromatic N) is 1. The van der Waals surface area contributed by atoms with Crippen molar-refractivity contribution in [2.75, 3.05) is 5.32 Å². The third kappa shape index (κ3) is 2.77. The number of nitrogens with two attached hydrogens (primary N) is 1. The molecule has 0 aliphatic rings. The van der Waals surface area contributed by atoms with Crippen LogP contribution in [0.25, 0.3) is 0 Å². The molecule has 88 valence electrons. The van der Waals surface area contributed by atoms with Crippen molar-refractivity contribution in [3.05, 3.63) is 44.9 Å². The topological polar surface area (TPSA) is 101 Å². The van der Waals surface area contributed by atoms with Crippen LogP contribution in [0.2, 0.25) is 0 Å². The number of thiophene rings is 1. The summed E-state index contributed by atoms with van der Waals surface area (Å²) >= 11 is 1.41. The Balaban J connectivity index is 2.07. The number of carbonyl (C=O) groups excluding carboxylic acids is 1. The minimum absolute atomic E-state index is 0.265. The molecule has 0 radical (unpaired) electrons. The number of nitrogens with one attached hydrogen (secondary N) is 2. The average molecular weight is 250 g/mol. The molecular formula is C10H10N4O2S. The zero-order valence-corrected chi connectivity index (χ0v) is 9.53. The smallest absolute Gasteiger partial charge is 0.264 e. The third-order valence-corrected chi connectivity index (χ3v) is 3.02. The zero-order valence-electron chi connectivity index (χ0n) is 8.71. The second-order valence-corrected chi connectivity index (χ2v) is 4.27. The largest absolute Gasteiger partial charge is 0.316 e. The number of aromatic nitrogens is 2. The highest BCUT2D eigenvalue weighted by Crippen LogP contribution is 2.17. The molecule has 17 heavy (non-hydrogen) atoms. The summed E-state index contributed by atoms with van der Waals surface area (Å²) in [6.07, 6.45) is 0. The molecule has 0 aliphatic carbocycles. The van der Waals surface area contributed by atoms with E-state index in [1.54, 1.807) is 6.07 Å². The van der Waals surface area contributed by atoms with E-state index in [2.05, 4.69) is 15.5 Å². The van der Waals surface area contributed by atoms with Gasteiger partial charge in [0.1, 0.15) is 6.04 Å². The van der Waals surface area contributed by atoms with Crippen LogP contribution in [0.3, 0.4) is 0 Å². The highest BCUT2D eigenvalue weighted by molar-refractivity contribution is 7.10. The number of hydrogen-bond acceptors (Lipinski definition) is 5.